The van der Waals surface area contributed by atoms with Crippen LogP contribution in [-0.4, -0.2) is 49.9 Å². The molecule has 0 unspecified atom stereocenters. The monoisotopic (exact) mass is 764 g/mol. The van der Waals surface area contributed by atoms with E-state index in [1.165, 1.54) is 13.4 Å². The van der Waals surface area contributed by atoms with Gasteiger partial charge in [0.05, 0.1) is 16.8 Å². The van der Waals surface area contributed by atoms with Crippen LogP contribution in [0.15, 0.2) is 175 Å². The fourth-order valence-corrected chi connectivity index (χ4v) is 5.72. The molecule has 2 N–H and O–H groups in total. The van der Waals surface area contributed by atoms with Gasteiger partial charge in [0.25, 0.3) is 17.7 Å². The summed E-state index contributed by atoms with van der Waals surface area (Å²) in [5.41, 5.74) is 6.97. The van der Waals surface area contributed by atoms with Crippen LogP contribution in [0.5, 0.6) is 5.75 Å². The number of rotatable bonds is 7. The summed E-state index contributed by atoms with van der Waals surface area (Å²) in [7, 11) is 3.37. The number of anilines is 2. The number of para-hydroxylation sites is 1. The zero-order valence-electron chi connectivity index (χ0n) is 32.0. The molecule has 7 aromatic rings. The summed E-state index contributed by atoms with van der Waals surface area (Å²) in [5, 5.41) is 7.97. The Balaban J connectivity index is 0.000000237. The fraction of sp³-hybridized carbons (Fsp3) is 0.0408. The molecule has 0 aliphatic carbocycles. The van der Waals surface area contributed by atoms with Crippen LogP contribution < -0.4 is 15.4 Å². The second kappa shape index (κ2) is 20.6. The maximum atomic E-state index is 12.6. The minimum Gasteiger partial charge on any atom is -0.446 e. The van der Waals surface area contributed by atoms with Crippen LogP contribution in [0.1, 0.15) is 36.6 Å². The third-order valence-corrected chi connectivity index (χ3v) is 8.79. The largest absolute Gasteiger partial charge is 0.446 e. The van der Waals surface area contributed by atoms with Gasteiger partial charge in [-0.1, -0.05) is 96.9 Å². The molecular formula is C49H40N4O5. The molecule has 9 nitrogen and oxygen atoms in total. The first-order chi connectivity index (χ1) is 28.3. The number of imide groups is 1. The maximum Gasteiger partial charge on any atom is 0.261 e. The van der Waals surface area contributed by atoms with Gasteiger partial charge in [-0.15, -0.1) is 6.42 Å². The fourth-order valence-electron chi connectivity index (χ4n) is 5.72. The molecule has 0 spiro atoms. The van der Waals surface area contributed by atoms with Crippen molar-refractivity contribution in [3.8, 4) is 29.2 Å². The Morgan fingerprint density at radius 3 is 1.86 bits per heavy atom. The second-order valence-electron chi connectivity index (χ2n) is 12.5. The van der Waals surface area contributed by atoms with E-state index >= 15 is 0 Å². The Morgan fingerprint density at radius 2 is 1.24 bits per heavy atom. The Labute approximate surface area is 337 Å². The zero-order chi connectivity index (χ0) is 41.3. The van der Waals surface area contributed by atoms with E-state index in [1.807, 2.05) is 141 Å². The molecule has 0 bridgehead atoms. The maximum absolute atomic E-state index is 12.6. The van der Waals surface area contributed by atoms with E-state index in [0.717, 1.165) is 43.9 Å². The zero-order valence-corrected chi connectivity index (χ0v) is 32.0. The predicted molar refractivity (Wildman–Crippen MR) is 233 cm³/mol. The molecule has 3 amide bonds. The first kappa shape index (κ1) is 41.1. The van der Waals surface area contributed by atoms with E-state index in [9.17, 15) is 14.4 Å². The number of fused-ring (bicyclic) bond motifs is 2. The standard InChI is InChI=1S/C31H25N3O2.C11H7NO2.C6H6.CH2O/c1-32-27-14-9-22(10-15-27)23-11-16-28(17-12-23)33-21-36-30-18-13-24-19-26(8-7-25(24)20-30)31(35)34-29-5-3-2-4-6-29;1-3-7-4-5-8-9(6-7)11(14)12(2)10(8)13;1-2-4-6-5-3-1;1-2/h2-21,32H,1H3,(H,34,35);1,4-6H,2H3;1-6H;1H2. The SMILES string of the molecule is C#Cc1ccc2c(c1)C(=O)N(C)C2=O.C=O.CNc1ccc(-c2ccc(N=COc3ccc4cc(C(=O)Nc5ccccc5)ccc4c3)cc2)cc1.c1ccccc1. The Hall–Kier alpha value is -8.09. The van der Waals surface area contributed by atoms with Gasteiger partial charge in [-0.2, -0.15) is 0 Å². The Morgan fingerprint density at radius 1 is 0.672 bits per heavy atom. The summed E-state index contributed by atoms with van der Waals surface area (Å²) in [4.78, 5) is 49.0. The van der Waals surface area contributed by atoms with Gasteiger partial charge < -0.3 is 20.2 Å². The highest BCUT2D eigenvalue weighted by molar-refractivity contribution is 6.21. The van der Waals surface area contributed by atoms with Crippen molar-refractivity contribution in [2.24, 2.45) is 4.99 Å². The van der Waals surface area contributed by atoms with Crippen LogP contribution >= 0.6 is 0 Å². The van der Waals surface area contributed by atoms with Crippen molar-refractivity contribution in [2.75, 3.05) is 24.7 Å². The topological polar surface area (TPSA) is 117 Å². The lowest BCUT2D eigenvalue weighted by Gasteiger charge is -2.07. The van der Waals surface area contributed by atoms with Crippen LogP contribution in [0, 0.1) is 12.3 Å². The molecule has 8 rings (SSSR count). The number of hydrogen-bond acceptors (Lipinski definition) is 7. The molecule has 7 aromatic carbocycles. The van der Waals surface area contributed by atoms with E-state index in [2.05, 4.69) is 45.8 Å². The van der Waals surface area contributed by atoms with Crippen molar-refractivity contribution in [1.82, 2.24) is 4.90 Å². The van der Waals surface area contributed by atoms with E-state index in [0.29, 0.717) is 28.0 Å². The quantitative estimate of drug-likeness (QED) is 0.0723. The average molecular weight is 765 g/mol. The van der Waals surface area contributed by atoms with Gasteiger partial charge in [0.1, 0.15) is 12.5 Å². The molecular weight excluding hydrogens is 725 g/mol. The smallest absolute Gasteiger partial charge is 0.261 e. The van der Waals surface area contributed by atoms with E-state index in [-0.39, 0.29) is 17.7 Å². The molecule has 1 aliphatic rings. The molecule has 0 radical (unpaired) electrons. The number of benzene rings is 7. The normalized spacial score (nSPS) is 11.1. The molecule has 286 valence electrons. The number of carbonyl (C=O) groups excluding carboxylic acids is 4. The molecule has 0 atom stereocenters. The van der Waals surface area contributed by atoms with Crippen LogP contribution in [0.3, 0.4) is 0 Å². The molecule has 0 aromatic heterocycles. The van der Waals surface area contributed by atoms with Gasteiger partial charge in [0, 0.05) is 36.6 Å². The highest BCUT2D eigenvalue weighted by atomic mass is 16.5. The second-order valence-corrected chi connectivity index (χ2v) is 12.5. The van der Waals surface area contributed by atoms with Gasteiger partial charge in [-0.3, -0.25) is 19.3 Å². The summed E-state index contributed by atoms with van der Waals surface area (Å²) in [6, 6.07) is 53.9. The Bertz CT molecular complexity index is 2520. The van der Waals surface area contributed by atoms with Crippen LogP contribution in [0.4, 0.5) is 17.1 Å². The number of hydrogen-bond donors (Lipinski definition) is 2. The number of terminal acetylenes is 1. The highest BCUT2D eigenvalue weighted by Gasteiger charge is 2.32. The van der Waals surface area contributed by atoms with Crippen molar-refractivity contribution in [3.05, 3.63) is 192 Å². The lowest BCUT2D eigenvalue weighted by atomic mass is 10.1. The van der Waals surface area contributed by atoms with Crippen molar-refractivity contribution in [2.45, 2.75) is 0 Å². The number of nitrogens with one attached hydrogen (secondary N) is 2. The van der Waals surface area contributed by atoms with E-state index in [4.69, 9.17) is 16.0 Å². The molecule has 1 aliphatic heterocycles. The van der Waals surface area contributed by atoms with Gasteiger partial charge in [-0.25, -0.2) is 4.99 Å². The summed E-state index contributed by atoms with van der Waals surface area (Å²) < 4.78 is 5.74. The molecule has 0 fully saturated rings. The van der Waals surface area contributed by atoms with E-state index < -0.39 is 0 Å². The van der Waals surface area contributed by atoms with E-state index in [1.54, 1.807) is 18.2 Å². The lowest BCUT2D eigenvalue weighted by molar-refractivity contribution is -0.0980. The molecule has 9 heteroatoms. The number of nitrogens with zero attached hydrogens (tertiary/aromatic N) is 2. The van der Waals surface area contributed by atoms with Gasteiger partial charge >= 0.3 is 0 Å². The molecule has 0 saturated carbocycles. The summed E-state index contributed by atoms with van der Waals surface area (Å²) in [5.74, 6) is 2.40. The molecule has 1 heterocycles. The average Bonchev–Trinajstić information content (AvgIpc) is 3.51. The van der Waals surface area contributed by atoms with Gasteiger partial charge in [0.2, 0.25) is 0 Å². The Kier molecular flexibility index (Phi) is 14.6. The third-order valence-electron chi connectivity index (χ3n) is 8.79. The van der Waals surface area contributed by atoms with Crippen LogP contribution in [0.25, 0.3) is 21.9 Å². The minimum atomic E-state index is -0.290. The molecule has 0 saturated heterocycles. The minimum absolute atomic E-state index is 0.142. The van der Waals surface area contributed by atoms with Crippen molar-refractivity contribution in [1.29, 1.82) is 0 Å². The van der Waals surface area contributed by atoms with Crippen molar-refractivity contribution in [3.63, 3.8) is 0 Å². The van der Waals surface area contributed by atoms with Gasteiger partial charge in [-0.05, 0) is 101 Å². The molecule has 58 heavy (non-hydrogen) atoms. The lowest BCUT2D eigenvalue weighted by Crippen LogP contribution is -2.24. The summed E-state index contributed by atoms with van der Waals surface area (Å²) in [6.07, 6.45) is 6.64. The van der Waals surface area contributed by atoms with Crippen LogP contribution in [-0.2, 0) is 4.79 Å². The summed E-state index contributed by atoms with van der Waals surface area (Å²) >= 11 is 0. The predicted octanol–water partition coefficient (Wildman–Crippen LogP) is 9.93. The van der Waals surface area contributed by atoms with Crippen molar-refractivity contribution < 1.29 is 23.9 Å². The number of aliphatic imine (C=N–C) groups is 1. The van der Waals surface area contributed by atoms with Gasteiger partial charge in [0.15, 0.2) is 6.40 Å². The number of carbonyl (C=O) groups is 4. The number of ether oxygens (including phenoxy) is 1. The third kappa shape index (κ3) is 10.8. The highest BCUT2D eigenvalue weighted by Crippen LogP contribution is 2.26. The van der Waals surface area contributed by atoms with Crippen molar-refractivity contribution >= 4 is 58.7 Å². The summed E-state index contributed by atoms with van der Waals surface area (Å²) in [6.45, 7) is 2.00. The first-order valence-corrected chi connectivity index (χ1v) is 18.0. The first-order valence-electron chi connectivity index (χ1n) is 18.0. The number of amides is 3. The van der Waals surface area contributed by atoms with Crippen LogP contribution in [0.2, 0.25) is 0 Å².